The SMILES string of the molecule is O=CC1(F)C=CC(c2ccccc2)=CC1. The third kappa shape index (κ3) is 2.04. The first-order chi connectivity index (χ1) is 7.23. The van der Waals surface area contributed by atoms with Crippen LogP contribution in [-0.4, -0.2) is 12.0 Å². The van der Waals surface area contributed by atoms with Crippen LogP contribution in [0.25, 0.3) is 5.57 Å². The topological polar surface area (TPSA) is 17.1 Å². The van der Waals surface area contributed by atoms with Crippen LogP contribution in [0.1, 0.15) is 12.0 Å². The highest BCUT2D eigenvalue weighted by Gasteiger charge is 2.26. The van der Waals surface area contributed by atoms with Crippen LogP contribution in [0.15, 0.2) is 48.6 Å². The maximum atomic E-state index is 13.5. The quantitative estimate of drug-likeness (QED) is 0.674. The van der Waals surface area contributed by atoms with Gasteiger partial charge in [0, 0.05) is 6.42 Å². The van der Waals surface area contributed by atoms with Crippen molar-refractivity contribution in [2.24, 2.45) is 0 Å². The smallest absolute Gasteiger partial charge is 0.187 e. The number of carbonyl (C=O) groups excluding carboxylic acids is 1. The summed E-state index contributed by atoms with van der Waals surface area (Å²) in [7, 11) is 0. The fourth-order valence-electron chi connectivity index (χ4n) is 1.56. The average molecular weight is 202 g/mol. The maximum Gasteiger partial charge on any atom is 0.187 e. The molecule has 1 aliphatic carbocycles. The molecule has 1 aliphatic rings. The summed E-state index contributed by atoms with van der Waals surface area (Å²) in [6, 6.07) is 9.72. The molecule has 1 atom stereocenters. The van der Waals surface area contributed by atoms with Crippen molar-refractivity contribution in [2.45, 2.75) is 12.1 Å². The van der Waals surface area contributed by atoms with Crippen molar-refractivity contribution in [1.82, 2.24) is 0 Å². The molecule has 0 N–H and O–H groups in total. The molecule has 15 heavy (non-hydrogen) atoms. The number of carbonyl (C=O) groups is 1. The number of hydrogen-bond acceptors (Lipinski definition) is 1. The van der Waals surface area contributed by atoms with Crippen molar-refractivity contribution in [3.8, 4) is 0 Å². The zero-order chi connectivity index (χ0) is 10.7. The van der Waals surface area contributed by atoms with E-state index in [0.717, 1.165) is 11.1 Å². The van der Waals surface area contributed by atoms with Gasteiger partial charge in [-0.15, -0.1) is 0 Å². The molecule has 2 heteroatoms. The van der Waals surface area contributed by atoms with Gasteiger partial charge in [0.05, 0.1) is 0 Å². The van der Waals surface area contributed by atoms with E-state index >= 15 is 0 Å². The molecule has 1 aromatic rings. The fraction of sp³-hybridized carbons (Fsp3) is 0.154. The Morgan fingerprint density at radius 2 is 2.00 bits per heavy atom. The molecule has 0 amide bonds. The van der Waals surface area contributed by atoms with E-state index in [1.54, 1.807) is 12.2 Å². The summed E-state index contributed by atoms with van der Waals surface area (Å²) in [5, 5.41) is 0. The average Bonchev–Trinajstić information content (AvgIpc) is 2.31. The number of aldehydes is 1. The summed E-state index contributed by atoms with van der Waals surface area (Å²) in [4.78, 5) is 10.5. The summed E-state index contributed by atoms with van der Waals surface area (Å²) in [5.41, 5.74) is 0.200. The lowest BCUT2D eigenvalue weighted by Crippen LogP contribution is -2.22. The second-order valence-corrected chi connectivity index (χ2v) is 3.61. The number of alkyl halides is 1. The molecular formula is C13H11FO. The molecule has 0 radical (unpaired) electrons. The van der Waals surface area contributed by atoms with E-state index in [1.165, 1.54) is 6.08 Å². The zero-order valence-corrected chi connectivity index (χ0v) is 8.19. The standard InChI is InChI=1S/C13H11FO/c14-13(10-15)8-6-12(7-9-13)11-4-2-1-3-5-11/h1-8,10H,9H2. The van der Waals surface area contributed by atoms with Crippen molar-refractivity contribution in [2.75, 3.05) is 0 Å². The van der Waals surface area contributed by atoms with E-state index in [1.807, 2.05) is 30.3 Å². The van der Waals surface area contributed by atoms with E-state index < -0.39 is 5.67 Å². The molecule has 76 valence electrons. The fourth-order valence-corrected chi connectivity index (χ4v) is 1.56. The van der Waals surface area contributed by atoms with E-state index in [-0.39, 0.29) is 6.42 Å². The van der Waals surface area contributed by atoms with Gasteiger partial charge in [0.15, 0.2) is 12.0 Å². The Morgan fingerprint density at radius 1 is 1.27 bits per heavy atom. The van der Waals surface area contributed by atoms with Crippen LogP contribution in [-0.2, 0) is 4.79 Å². The number of allylic oxidation sites excluding steroid dienone is 4. The predicted molar refractivity (Wildman–Crippen MR) is 58.1 cm³/mol. The Morgan fingerprint density at radius 3 is 2.53 bits per heavy atom. The molecule has 0 saturated heterocycles. The van der Waals surface area contributed by atoms with Crippen molar-refractivity contribution in [3.63, 3.8) is 0 Å². The van der Waals surface area contributed by atoms with Crippen molar-refractivity contribution >= 4 is 11.9 Å². The first-order valence-corrected chi connectivity index (χ1v) is 4.84. The Kier molecular flexibility index (Phi) is 2.50. The minimum absolute atomic E-state index is 0.122. The van der Waals surface area contributed by atoms with Gasteiger partial charge in [0.25, 0.3) is 0 Å². The Balaban J connectivity index is 2.24. The minimum Gasteiger partial charge on any atom is -0.299 e. The van der Waals surface area contributed by atoms with Gasteiger partial charge in [-0.25, -0.2) is 4.39 Å². The highest BCUT2D eigenvalue weighted by Crippen LogP contribution is 2.27. The van der Waals surface area contributed by atoms with Crippen LogP contribution < -0.4 is 0 Å². The minimum atomic E-state index is -1.81. The predicted octanol–water partition coefficient (Wildman–Crippen LogP) is 2.94. The Bertz CT molecular complexity index is 419. The third-order valence-corrected chi connectivity index (χ3v) is 2.48. The first kappa shape index (κ1) is 9.84. The first-order valence-electron chi connectivity index (χ1n) is 4.84. The van der Waals surface area contributed by atoms with E-state index in [4.69, 9.17) is 0 Å². The number of hydrogen-bond donors (Lipinski definition) is 0. The van der Waals surface area contributed by atoms with Gasteiger partial charge in [0.2, 0.25) is 0 Å². The van der Waals surface area contributed by atoms with E-state index in [2.05, 4.69) is 0 Å². The summed E-state index contributed by atoms with van der Waals surface area (Å²) in [5.74, 6) is 0. The molecule has 0 heterocycles. The molecule has 0 saturated carbocycles. The van der Waals surface area contributed by atoms with Crippen molar-refractivity contribution < 1.29 is 9.18 Å². The monoisotopic (exact) mass is 202 g/mol. The van der Waals surface area contributed by atoms with Crippen LogP contribution in [0.3, 0.4) is 0 Å². The molecular weight excluding hydrogens is 191 g/mol. The largest absolute Gasteiger partial charge is 0.299 e. The van der Waals surface area contributed by atoms with E-state index in [0.29, 0.717) is 6.29 Å². The van der Waals surface area contributed by atoms with Crippen LogP contribution in [0.2, 0.25) is 0 Å². The number of benzene rings is 1. The van der Waals surface area contributed by atoms with Crippen LogP contribution in [0.5, 0.6) is 0 Å². The summed E-state index contributed by atoms with van der Waals surface area (Å²) in [6.45, 7) is 0. The van der Waals surface area contributed by atoms with Gasteiger partial charge < -0.3 is 0 Å². The molecule has 2 rings (SSSR count). The van der Waals surface area contributed by atoms with Crippen molar-refractivity contribution in [1.29, 1.82) is 0 Å². The second kappa shape index (κ2) is 3.81. The Hall–Kier alpha value is -1.70. The molecule has 0 bridgehead atoms. The van der Waals surface area contributed by atoms with Crippen LogP contribution >= 0.6 is 0 Å². The molecule has 0 aromatic heterocycles. The van der Waals surface area contributed by atoms with Gasteiger partial charge in [-0.2, -0.15) is 0 Å². The van der Waals surface area contributed by atoms with Gasteiger partial charge in [0.1, 0.15) is 0 Å². The zero-order valence-electron chi connectivity index (χ0n) is 8.19. The molecule has 0 spiro atoms. The highest BCUT2D eigenvalue weighted by molar-refractivity contribution is 5.79. The lowest BCUT2D eigenvalue weighted by atomic mass is 9.92. The summed E-state index contributed by atoms with van der Waals surface area (Å²) in [6.07, 6.45) is 5.21. The second-order valence-electron chi connectivity index (χ2n) is 3.61. The summed E-state index contributed by atoms with van der Waals surface area (Å²) >= 11 is 0. The molecule has 0 aliphatic heterocycles. The lowest BCUT2D eigenvalue weighted by Gasteiger charge is -2.17. The molecule has 1 aromatic carbocycles. The van der Waals surface area contributed by atoms with Crippen LogP contribution in [0, 0.1) is 0 Å². The van der Waals surface area contributed by atoms with Gasteiger partial charge in [-0.05, 0) is 17.2 Å². The van der Waals surface area contributed by atoms with Crippen LogP contribution in [0.4, 0.5) is 4.39 Å². The molecule has 1 nitrogen and oxygen atoms in total. The van der Waals surface area contributed by atoms with E-state index in [9.17, 15) is 9.18 Å². The lowest BCUT2D eigenvalue weighted by molar-refractivity contribution is -0.115. The van der Waals surface area contributed by atoms with Gasteiger partial charge >= 0.3 is 0 Å². The normalized spacial score (nSPS) is 24.7. The third-order valence-electron chi connectivity index (χ3n) is 2.48. The maximum absolute atomic E-state index is 13.5. The van der Waals surface area contributed by atoms with Gasteiger partial charge in [-0.3, -0.25) is 4.79 Å². The summed E-state index contributed by atoms with van der Waals surface area (Å²) < 4.78 is 13.5. The number of rotatable bonds is 2. The molecule has 1 unspecified atom stereocenters. The van der Waals surface area contributed by atoms with Crippen molar-refractivity contribution in [3.05, 3.63) is 54.1 Å². The van der Waals surface area contributed by atoms with Gasteiger partial charge in [-0.1, -0.05) is 42.5 Å². The molecule has 0 fully saturated rings. The Labute approximate surface area is 87.9 Å². The highest BCUT2D eigenvalue weighted by atomic mass is 19.1. The number of halogens is 1.